The first-order chi connectivity index (χ1) is 9.18. The van der Waals surface area contributed by atoms with Crippen LogP contribution in [0.25, 0.3) is 0 Å². The van der Waals surface area contributed by atoms with E-state index in [2.05, 4.69) is 42.3 Å². The second kappa shape index (κ2) is 5.04. The highest BCUT2D eigenvalue weighted by atomic mass is 16.5. The van der Waals surface area contributed by atoms with Crippen LogP contribution in [0.1, 0.15) is 25.8 Å². The molecule has 0 saturated carbocycles. The molecule has 0 bridgehead atoms. The van der Waals surface area contributed by atoms with Gasteiger partial charge in [0.2, 0.25) is 0 Å². The Morgan fingerprint density at radius 3 is 3.11 bits per heavy atom. The highest BCUT2D eigenvalue weighted by Gasteiger charge is 2.33. The van der Waals surface area contributed by atoms with Gasteiger partial charge in [-0.1, -0.05) is 19.9 Å². The van der Waals surface area contributed by atoms with E-state index in [1.54, 1.807) is 0 Å². The summed E-state index contributed by atoms with van der Waals surface area (Å²) < 4.78 is 6.04. The van der Waals surface area contributed by atoms with Gasteiger partial charge in [0.25, 0.3) is 0 Å². The molecular formula is C16H24N2O. The number of nitrogens with zero attached hydrogens (tertiary/aromatic N) is 1. The molecule has 2 aliphatic rings. The summed E-state index contributed by atoms with van der Waals surface area (Å²) in [4.78, 5) is 2.51. The van der Waals surface area contributed by atoms with E-state index in [1.165, 1.54) is 24.2 Å². The van der Waals surface area contributed by atoms with E-state index in [4.69, 9.17) is 4.74 Å². The Balaban J connectivity index is 1.60. The predicted octanol–water partition coefficient (Wildman–Crippen LogP) is 2.77. The number of fused-ring (bicyclic) bond motifs is 1. The van der Waals surface area contributed by atoms with Crippen LogP contribution in [0.4, 0.5) is 5.69 Å². The average Bonchev–Trinajstić information content (AvgIpc) is 3.02. The first-order valence-electron chi connectivity index (χ1n) is 7.40. The van der Waals surface area contributed by atoms with E-state index in [1.807, 2.05) is 0 Å². The van der Waals surface area contributed by atoms with Crippen molar-refractivity contribution in [2.45, 2.75) is 26.7 Å². The summed E-state index contributed by atoms with van der Waals surface area (Å²) in [5.74, 6) is 1.00. The van der Waals surface area contributed by atoms with Gasteiger partial charge in [0, 0.05) is 30.3 Å². The van der Waals surface area contributed by atoms with Crippen molar-refractivity contribution >= 4 is 5.69 Å². The van der Waals surface area contributed by atoms with Gasteiger partial charge in [0.1, 0.15) is 5.75 Å². The lowest BCUT2D eigenvalue weighted by Gasteiger charge is -2.24. The van der Waals surface area contributed by atoms with Crippen LogP contribution >= 0.6 is 0 Å². The molecule has 0 radical (unpaired) electrons. The van der Waals surface area contributed by atoms with E-state index >= 15 is 0 Å². The molecule has 19 heavy (non-hydrogen) atoms. The summed E-state index contributed by atoms with van der Waals surface area (Å²) in [6, 6.07) is 6.46. The average molecular weight is 260 g/mol. The molecule has 3 heteroatoms. The Hall–Kier alpha value is -1.22. The molecule has 2 heterocycles. The van der Waals surface area contributed by atoms with Crippen molar-refractivity contribution in [2.75, 3.05) is 38.1 Å². The molecule has 2 aliphatic heterocycles. The third-order valence-electron chi connectivity index (χ3n) is 4.46. The minimum atomic E-state index is 0.308. The van der Waals surface area contributed by atoms with Gasteiger partial charge in [-0.3, -0.25) is 0 Å². The van der Waals surface area contributed by atoms with Crippen LogP contribution in [0.15, 0.2) is 18.2 Å². The monoisotopic (exact) mass is 260 g/mol. The molecule has 0 spiro atoms. The van der Waals surface area contributed by atoms with Crippen LogP contribution in [-0.4, -0.2) is 37.7 Å². The van der Waals surface area contributed by atoms with E-state index in [0.717, 1.165) is 38.4 Å². The molecular weight excluding hydrogens is 236 g/mol. The molecule has 1 aromatic carbocycles. The Kier molecular flexibility index (Phi) is 3.40. The number of nitrogens with one attached hydrogen (secondary N) is 1. The fourth-order valence-electron chi connectivity index (χ4n) is 3.13. The van der Waals surface area contributed by atoms with Gasteiger partial charge in [0.15, 0.2) is 0 Å². The number of anilines is 1. The van der Waals surface area contributed by atoms with E-state index in [9.17, 15) is 0 Å². The van der Waals surface area contributed by atoms with Crippen LogP contribution in [0.3, 0.4) is 0 Å². The van der Waals surface area contributed by atoms with Crippen molar-refractivity contribution in [1.82, 2.24) is 4.90 Å². The predicted molar refractivity (Wildman–Crippen MR) is 79.0 cm³/mol. The van der Waals surface area contributed by atoms with Gasteiger partial charge in [0.05, 0.1) is 6.61 Å². The molecule has 1 unspecified atom stereocenters. The second-order valence-corrected chi connectivity index (χ2v) is 6.21. The first kappa shape index (κ1) is 12.8. The van der Waals surface area contributed by atoms with Crippen LogP contribution in [0, 0.1) is 5.41 Å². The van der Waals surface area contributed by atoms with Crippen LogP contribution in [0.2, 0.25) is 0 Å². The summed E-state index contributed by atoms with van der Waals surface area (Å²) in [5, 5.41) is 3.41. The Bertz CT molecular complexity index is 460. The molecule has 1 N–H and O–H groups in total. The number of rotatable bonds is 4. The van der Waals surface area contributed by atoms with Gasteiger partial charge in [-0.05, 0) is 37.6 Å². The lowest BCUT2D eigenvalue weighted by Crippen LogP contribution is -2.29. The van der Waals surface area contributed by atoms with Crippen molar-refractivity contribution in [2.24, 2.45) is 5.41 Å². The molecule has 104 valence electrons. The smallest absolute Gasteiger partial charge is 0.121 e. The quantitative estimate of drug-likeness (QED) is 0.901. The molecule has 0 aromatic heterocycles. The lowest BCUT2D eigenvalue weighted by molar-refractivity contribution is 0.164. The molecule has 0 aliphatic carbocycles. The summed E-state index contributed by atoms with van der Waals surface area (Å²) in [5.41, 5.74) is 2.98. The van der Waals surface area contributed by atoms with E-state index in [0.29, 0.717) is 5.41 Å². The topological polar surface area (TPSA) is 24.5 Å². The molecule has 0 amide bonds. The van der Waals surface area contributed by atoms with E-state index in [-0.39, 0.29) is 0 Å². The van der Waals surface area contributed by atoms with Crippen LogP contribution < -0.4 is 10.1 Å². The SMILES string of the molecule is CCN1CCC(C)(COc2ccc3c(c2)NCC3)C1. The maximum absolute atomic E-state index is 6.04. The summed E-state index contributed by atoms with van der Waals surface area (Å²) in [7, 11) is 0. The van der Waals surface area contributed by atoms with Crippen molar-refractivity contribution < 1.29 is 4.74 Å². The maximum atomic E-state index is 6.04. The number of hydrogen-bond donors (Lipinski definition) is 1. The van der Waals surface area contributed by atoms with Crippen molar-refractivity contribution in [3.8, 4) is 5.75 Å². The van der Waals surface area contributed by atoms with E-state index < -0.39 is 0 Å². The first-order valence-corrected chi connectivity index (χ1v) is 7.40. The molecule has 1 atom stereocenters. The molecule has 1 aromatic rings. The molecule has 1 saturated heterocycles. The number of benzene rings is 1. The Morgan fingerprint density at radius 1 is 1.42 bits per heavy atom. The third kappa shape index (κ3) is 2.71. The minimum absolute atomic E-state index is 0.308. The van der Waals surface area contributed by atoms with Crippen molar-refractivity contribution in [3.05, 3.63) is 23.8 Å². The third-order valence-corrected chi connectivity index (χ3v) is 4.46. The largest absolute Gasteiger partial charge is 0.493 e. The van der Waals surface area contributed by atoms with Crippen LogP contribution in [0.5, 0.6) is 5.75 Å². The normalized spacial score (nSPS) is 26.2. The zero-order valence-corrected chi connectivity index (χ0v) is 12.0. The molecule has 3 nitrogen and oxygen atoms in total. The lowest BCUT2D eigenvalue weighted by atomic mass is 9.91. The fraction of sp³-hybridized carbons (Fsp3) is 0.625. The Morgan fingerprint density at radius 2 is 2.32 bits per heavy atom. The van der Waals surface area contributed by atoms with Gasteiger partial charge >= 0.3 is 0 Å². The number of ether oxygens (including phenoxy) is 1. The van der Waals surface area contributed by atoms with Gasteiger partial charge in [-0.15, -0.1) is 0 Å². The number of likely N-dealkylation sites (tertiary alicyclic amines) is 1. The van der Waals surface area contributed by atoms with Crippen molar-refractivity contribution in [1.29, 1.82) is 0 Å². The Labute approximate surface area is 115 Å². The maximum Gasteiger partial charge on any atom is 0.121 e. The van der Waals surface area contributed by atoms with Crippen molar-refractivity contribution in [3.63, 3.8) is 0 Å². The zero-order chi connectivity index (χ0) is 13.3. The summed E-state index contributed by atoms with van der Waals surface area (Å²) in [6.45, 7) is 9.98. The zero-order valence-electron chi connectivity index (χ0n) is 12.0. The summed E-state index contributed by atoms with van der Waals surface area (Å²) in [6.07, 6.45) is 2.38. The van der Waals surface area contributed by atoms with Gasteiger partial charge < -0.3 is 15.0 Å². The molecule has 1 fully saturated rings. The number of hydrogen-bond acceptors (Lipinski definition) is 3. The standard InChI is InChI=1S/C16H24N2O/c1-3-18-9-7-16(2,11-18)12-19-14-5-4-13-6-8-17-15(13)10-14/h4-5,10,17H,3,6-9,11-12H2,1-2H3. The second-order valence-electron chi connectivity index (χ2n) is 6.21. The molecule has 3 rings (SSSR count). The highest BCUT2D eigenvalue weighted by Crippen LogP contribution is 2.32. The van der Waals surface area contributed by atoms with Gasteiger partial charge in [-0.2, -0.15) is 0 Å². The van der Waals surface area contributed by atoms with Crippen LogP contribution in [-0.2, 0) is 6.42 Å². The highest BCUT2D eigenvalue weighted by molar-refractivity contribution is 5.58. The summed E-state index contributed by atoms with van der Waals surface area (Å²) >= 11 is 0. The fourth-order valence-corrected chi connectivity index (χ4v) is 3.13. The van der Waals surface area contributed by atoms with Gasteiger partial charge in [-0.25, -0.2) is 0 Å². The minimum Gasteiger partial charge on any atom is -0.493 e.